The molecule has 0 atom stereocenters. The van der Waals surface area contributed by atoms with E-state index in [1.165, 1.54) is 10.8 Å². The molecule has 102 valence electrons. The zero-order valence-electron chi connectivity index (χ0n) is 11.4. The summed E-state index contributed by atoms with van der Waals surface area (Å²) in [5.41, 5.74) is 1.11. The third kappa shape index (κ3) is 4.28. The molecule has 0 saturated carbocycles. The van der Waals surface area contributed by atoms with Crippen molar-refractivity contribution in [3.8, 4) is 0 Å². The van der Waals surface area contributed by atoms with Crippen LogP contribution in [0.3, 0.4) is 0 Å². The van der Waals surface area contributed by atoms with E-state index in [-0.39, 0.29) is 0 Å². The van der Waals surface area contributed by atoms with Crippen molar-refractivity contribution < 1.29 is 4.74 Å². The van der Waals surface area contributed by atoms with Gasteiger partial charge in [0, 0.05) is 44.9 Å². The Morgan fingerprint density at radius 2 is 1.89 bits per heavy atom. The molecule has 1 aromatic heterocycles. The van der Waals surface area contributed by atoms with Gasteiger partial charge >= 0.3 is 0 Å². The van der Waals surface area contributed by atoms with Crippen molar-refractivity contribution in [2.75, 3.05) is 33.4 Å². The van der Waals surface area contributed by atoms with Crippen molar-refractivity contribution in [3.05, 3.63) is 42.2 Å². The third-order valence-electron chi connectivity index (χ3n) is 3.01. The van der Waals surface area contributed by atoms with Crippen molar-refractivity contribution in [1.82, 2.24) is 15.6 Å². The number of rotatable bonds is 8. The van der Waals surface area contributed by atoms with Gasteiger partial charge in [-0.15, -0.1) is 0 Å². The predicted molar refractivity (Wildman–Crippen MR) is 78.2 cm³/mol. The largest absolute Gasteiger partial charge is 0.383 e. The topological polar surface area (TPSA) is 46.2 Å². The molecule has 0 saturated heterocycles. The highest BCUT2D eigenvalue weighted by molar-refractivity contribution is 5.84. The minimum absolute atomic E-state index is 0.755. The standard InChI is InChI=1S/C15H21N3O/c1-19-11-10-16-8-9-17-12-15-14-5-3-2-4-13(14)6-7-18-15/h2-7,16-17H,8-12H2,1H3. The second-order valence-electron chi connectivity index (χ2n) is 4.40. The van der Waals surface area contributed by atoms with Gasteiger partial charge in [0.1, 0.15) is 0 Å². The monoisotopic (exact) mass is 259 g/mol. The van der Waals surface area contributed by atoms with E-state index in [2.05, 4.69) is 39.9 Å². The maximum Gasteiger partial charge on any atom is 0.0619 e. The first-order valence-corrected chi connectivity index (χ1v) is 6.65. The van der Waals surface area contributed by atoms with Gasteiger partial charge in [-0.3, -0.25) is 4.98 Å². The van der Waals surface area contributed by atoms with Crippen LogP contribution in [-0.2, 0) is 11.3 Å². The van der Waals surface area contributed by atoms with Crippen molar-refractivity contribution in [3.63, 3.8) is 0 Å². The molecule has 0 spiro atoms. The lowest BCUT2D eigenvalue weighted by Crippen LogP contribution is -2.29. The summed E-state index contributed by atoms with van der Waals surface area (Å²) in [6, 6.07) is 10.4. The smallest absolute Gasteiger partial charge is 0.0619 e. The van der Waals surface area contributed by atoms with Crippen LogP contribution in [0.5, 0.6) is 0 Å². The second kappa shape index (κ2) is 7.84. The summed E-state index contributed by atoms with van der Waals surface area (Å²) in [6.07, 6.45) is 1.87. The summed E-state index contributed by atoms with van der Waals surface area (Å²) in [4.78, 5) is 4.45. The average Bonchev–Trinajstić information content (AvgIpc) is 2.46. The molecule has 0 bridgehead atoms. The first-order chi connectivity index (χ1) is 9.42. The molecule has 0 aliphatic heterocycles. The molecule has 2 N–H and O–H groups in total. The Morgan fingerprint density at radius 3 is 2.79 bits per heavy atom. The quantitative estimate of drug-likeness (QED) is 0.706. The number of pyridine rings is 1. The molecule has 0 fully saturated rings. The Labute approximate surface area is 114 Å². The Morgan fingerprint density at radius 1 is 1.05 bits per heavy atom. The van der Waals surface area contributed by atoms with E-state index in [9.17, 15) is 0 Å². The number of ether oxygens (including phenoxy) is 1. The first kappa shape index (κ1) is 13.9. The van der Waals surface area contributed by atoms with Crippen LogP contribution in [0, 0.1) is 0 Å². The molecule has 0 aliphatic carbocycles. The molecule has 19 heavy (non-hydrogen) atoms. The summed E-state index contributed by atoms with van der Waals surface area (Å²) in [6.45, 7) is 4.31. The zero-order valence-corrected chi connectivity index (χ0v) is 11.4. The predicted octanol–water partition coefficient (Wildman–Crippen LogP) is 1.56. The van der Waals surface area contributed by atoms with E-state index in [0.717, 1.165) is 38.5 Å². The van der Waals surface area contributed by atoms with Crippen LogP contribution in [0.15, 0.2) is 36.5 Å². The summed E-state index contributed by atoms with van der Waals surface area (Å²) < 4.78 is 4.97. The number of nitrogens with one attached hydrogen (secondary N) is 2. The van der Waals surface area contributed by atoms with Crippen molar-refractivity contribution in [1.29, 1.82) is 0 Å². The molecule has 0 radical (unpaired) electrons. The van der Waals surface area contributed by atoms with Gasteiger partial charge in [0.15, 0.2) is 0 Å². The summed E-state index contributed by atoms with van der Waals surface area (Å²) >= 11 is 0. The number of methoxy groups -OCH3 is 1. The van der Waals surface area contributed by atoms with Crippen LogP contribution < -0.4 is 10.6 Å². The van der Waals surface area contributed by atoms with E-state index < -0.39 is 0 Å². The molecule has 4 nitrogen and oxygen atoms in total. The molecule has 2 aromatic rings. The maximum atomic E-state index is 4.97. The Hall–Kier alpha value is -1.49. The number of benzene rings is 1. The van der Waals surface area contributed by atoms with E-state index >= 15 is 0 Å². The van der Waals surface area contributed by atoms with Gasteiger partial charge in [-0.05, 0) is 11.5 Å². The normalized spacial score (nSPS) is 11.0. The fraction of sp³-hybridized carbons (Fsp3) is 0.400. The van der Waals surface area contributed by atoms with Crippen molar-refractivity contribution in [2.24, 2.45) is 0 Å². The molecule has 0 aliphatic rings. The van der Waals surface area contributed by atoms with Crippen LogP contribution in [0.1, 0.15) is 5.69 Å². The SMILES string of the molecule is COCCNCCNCc1nccc2ccccc12. The number of aromatic nitrogens is 1. The molecule has 1 heterocycles. The highest BCUT2D eigenvalue weighted by Gasteiger charge is 2.00. The fourth-order valence-electron chi connectivity index (χ4n) is 2.01. The Kier molecular flexibility index (Phi) is 5.75. The lowest BCUT2D eigenvalue weighted by Gasteiger charge is -2.08. The molecule has 2 rings (SSSR count). The lowest BCUT2D eigenvalue weighted by molar-refractivity contribution is 0.199. The van der Waals surface area contributed by atoms with Crippen LogP contribution in [0.4, 0.5) is 0 Å². The fourth-order valence-corrected chi connectivity index (χ4v) is 2.01. The van der Waals surface area contributed by atoms with Crippen LogP contribution >= 0.6 is 0 Å². The van der Waals surface area contributed by atoms with Crippen molar-refractivity contribution in [2.45, 2.75) is 6.54 Å². The summed E-state index contributed by atoms with van der Waals surface area (Å²) in [7, 11) is 1.71. The first-order valence-electron chi connectivity index (χ1n) is 6.65. The second-order valence-corrected chi connectivity index (χ2v) is 4.40. The van der Waals surface area contributed by atoms with Gasteiger partial charge in [0.25, 0.3) is 0 Å². The highest BCUT2D eigenvalue weighted by Crippen LogP contribution is 2.15. The molecule has 0 amide bonds. The zero-order chi connectivity index (χ0) is 13.3. The van der Waals surface area contributed by atoms with Gasteiger partial charge in [-0.1, -0.05) is 24.3 Å². The highest BCUT2D eigenvalue weighted by atomic mass is 16.5. The molecule has 0 unspecified atom stereocenters. The Bertz CT molecular complexity index is 496. The van der Waals surface area contributed by atoms with E-state index in [1.54, 1.807) is 7.11 Å². The van der Waals surface area contributed by atoms with Crippen LogP contribution in [0.25, 0.3) is 10.8 Å². The summed E-state index contributed by atoms with van der Waals surface area (Å²) in [5.74, 6) is 0. The van der Waals surface area contributed by atoms with Gasteiger partial charge in [0.05, 0.1) is 12.3 Å². The van der Waals surface area contributed by atoms with Gasteiger partial charge in [0.2, 0.25) is 0 Å². The van der Waals surface area contributed by atoms with Crippen LogP contribution in [0.2, 0.25) is 0 Å². The molecular weight excluding hydrogens is 238 g/mol. The minimum Gasteiger partial charge on any atom is -0.383 e. The number of hydrogen-bond donors (Lipinski definition) is 2. The lowest BCUT2D eigenvalue weighted by atomic mass is 10.1. The summed E-state index contributed by atoms with van der Waals surface area (Å²) in [5, 5.41) is 9.18. The Balaban J connectivity index is 1.78. The van der Waals surface area contributed by atoms with Crippen LogP contribution in [-0.4, -0.2) is 38.3 Å². The number of nitrogens with zero attached hydrogens (tertiary/aromatic N) is 1. The third-order valence-corrected chi connectivity index (χ3v) is 3.01. The maximum absolute atomic E-state index is 4.97. The van der Waals surface area contributed by atoms with E-state index in [0.29, 0.717) is 0 Å². The van der Waals surface area contributed by atoms with Gasteiger partial charge in [-0.25, -0.2) is 0 Å². The number of fused-ring (bicyclic) bond motifs is 1. The minimum atomic E-state index is 0.755. The molecule has 1 aromatic carbocycles. The molecule has 4 heteroatoms. The average molecular weight is 259 g/mol. The van der Waals surface area contributed by atoms with Gasteiger partial charge < -0.3 is 15.4 Å². The number of hydrogen-bond acceptors (Lipinski definition) is 4. The van der Waals surface area contributed by atoms with E-state index in [1.807, 2.05) is 12.3 Å². The van der Waals surface area contributed by atoms with Crippen molar-refractivity contribution >= 4 is 10.8 Å². The molecular formula is C15H21N3O. The van der Waals surface area contributed by atoms with E-state index in [4.69, 9.17) is 4.74 Å². The van der Waals surface area contributed by atoms with Gasteiger partial charge in [-0.2, -0.15) is 0 Å².